The lowest BCUT2D eigenvalue weighted by Gasteiger charge is -2.11. The second-order valence-electron chi connectivity index (χ2n) is 7.71. The number of aromatic nitrogens is 4. The maximum absolute atomic E-state index is 13.4. The molecule has 0 amide bonds. The van der Waals surface area contributed by atoms with E-state index in [-0.39, 0.29) is 5.56 Å². The van der Waals surface area contributed by atoms with Crippen molar-refractivity contribution in [2.45, 2.75) is 39.2 Å². The predicted octanol–water partition coefficient (Wildman–Crippen LogP) is 4.12. The van der Waals surface area contributed by atoms with Crippen molar-refractivity contribution in [3.8, 4) is 5.69 Å². The Labute approximate surface area is 163 Å². The molecule has 5 rings (SSSR count). The van der Waals surface area contributed by atoms with Crippen molar-refractivity contribution >= 4 is 10.9 Å². The average molecular weight is 370 g/mol. The highest BCUT2D eigenvalue weighted by Crippen LogP contribution is 2.41. The molecule has 1 aliphatic rings. The summed E-state index contributed by atoms with van der Waals surface area (Å²) < 4.78 is 3.39. The van der Waals surface area contributed by atoms with E-state index in [2.05, 4.69) is 36.3 Å². The highest BCUT2D eigenvalue weighted by atomic mass is 16.1. The Hall–Kier alpha value is -3.21. The van der Waals surface area contributed by atoms with Gasteiger partial charge < -0.3 is 0 Å². The summed E-state index contributed by atoms with van der Waals surface area (Å²) >= 11 is 0. The first-order valence-electron chi connectivity index (χ1n) is 9.72. The number of rotatable bonds is 4. The maximum atomic E-state index is 13.4. The molecule has 2 aromatic heterocycles. The van der Waals surface area contributed by atoms with Crippen LogP contribution in [-0.2, 0) is 6.54 Å². The van der Waals surface area contributed by atoms with Gasteiger partial charge in [0.25, 0.3) is 5.56 Å². The van der Waals surface area contributed by atoms with Crippen LogP contribution in [-0.4, -0.2) is 19.6 Å². The van der Waals surface area contributed by atoms with Crippen LogP contribution in [0.3, 0.4) is 0 Å². The Morgan fingerprint density at radius 2 is 1.79 bits per heavy atom. The summed E-state index contributed by atoms with van der Waals surface area (Å²) in [7, 11) is 0. The minimum atomic E-state index is -0.0965. The Morgan fingerprint density at radius 1 is 1.04 bits per heavy atom. The van der Waals surface area contributed by atoms with Crippen LogP contribution in [0, 0.1) is 13.8 Å². The first kappa shape index (κ1) is 16.9. The van der Waals surface area contributed by atoms with Gasteiger partial charge in [0.1, 0.15) is 5.52 Å². The molecule has 1 saturated carbocycles. The van der Waals surface area contributed by atoms with Gasteiger partial charge in [-0.05, 0) is 43.9 Å². The molecule has 140 valence electrons. The van der Waals surface area contributed by atoms with Gasteiger partial charge in [0, 0.05) is 11.3 Å². The highest BCUT2D eigenvalue weighted by molar-refractivity contribution is 5.82. The molecule has 5 nitrogen and oxygen atoms in total. The minimum absolute atomic E-state index is 0.0965. The van der Waals surface area contributed by atoms with Crippen molar-refractivity contribution in [3.63, 3.8) is 0 Å². The summed E-state index contributed by atoms with van der Waals surface area (Å²) in [5.74, 6) is 0.432. The van der Waals surface area contributed by atoms with Crippen LogP contribution in [0.15, 0.2) is 59.5 Å². The molecule has 1 fully saturated rings. The van der Waals surface area contributed by atoms with Crippen LogP contribution >= 0.6 is 0 Å². The molecule has 1 aliphatic carbocycles. The van der Waals surface area contributed by atoms with Crippen LogP contribution < -0.4 is 5.56 Å². The summed E-state index contributed by atoms with van der Waals surface area (Å²) in [5, 5.41) is 10.2. The Balaban J connectivity index is 1.72. The van der Waals surface area contributed by atoms with Crippen LogP contribution in [0.2, 0.25) is 0 Å². The molecule has 0 saturated heterocycles. The normalized spacial score (nSPS) is 13.9. The molecule has 0 bridgehead atoms. The second-order valence-corrected chi connectivity index (χ2v) is 7.71. The molecule has 0 atom stereocenters. The van der Waals surface area contributed by atoms with Crippen molar-refractivity contribution < 1.29 is 0 Å². The third kappa shape index (κ3) is 2.83. The Bertz CT molecular complexity index is 1230. The average Bonchev–Trinajstić information content (AvgIpc) is 3.44. The van der Waals surface area contributed by atoms with Gasteiger partial charge in [-0.3, -0.25) is 4.79 Å². The van der Waals surface area contributed by atoms with Crippen molar-refractivity contribution in [2.75, 3.05) is 0 Å². The first-order chi connectivity index (χ1) is 13.6. The highest BCUT2D eigenvalue weighted by Gasteiger charge is 2.30. The second kappa shape index (κ2) is 6.44. The van der Waals surface area contributed by atoms with Crippen molar-refractivity contribution in [1.82, 2.24) is 19.6 Å². The molecule has 2 heterocycles. The topological polar surface area (TPSA) is 52.7 Å². The molecule has 2 aromatic carbocycles. The van der Waals surface area contributed by atoms with Gasteiger partial charge in [0.15, 0.2) is 0 Å². The lowest BCUT2D eigenvalue weighted by atomic mass is 10.1. The van der Waals surface area contributed by atoms with E-state index in [4.69, 9.17) is 5.10 Å². The summed E-state index contributed by atoms with van der Waals surface area (Å²) in [6, 6.07) is 16.3. The first-order valence-corrected chi connectivity index (χ1v) is 9.72. The molecular formula is C23H22N4O. The zero-order chi connectivity index (χ0) is 19.3. The summed E-state index contributed by atoms with van der Waals surface area (Å²) in [6.45, 7) is 4.57. The number of para-hydroxylation sites is 1. The molecule has 0 N–H and O–H groups in total. The lowest BCUT2D eigenvalue weighted by Crippen LogP contribution is -2.26. The molecule has 4 aromatic rings. The van der Waals surface area contributed by atoms with Gasteiger partial charge in [-0.2, -0.15) is 10.2 Å². The SMILES string of the molecule is Cc1ccc(Cn2nc(C3CC3)c3cnn(-c4ccccc4C)c3c2=O)cc1. The molecular weight excluding hydrogens is 348 g/mol. The smallest absolute Gasteiger partial charge is 0.265 e. The molecule has 5 heteroatoms. The lowest BCUT2D eigenvalue weighted by molar-refractivity contribution is 0.626. The molecule has 0 radical (unpaired) electrons. The standard InChI is InChI=1S/C23H22N4O/c1-15-7-9-17(10-8-15)14-26-23(28)22-19(21(25-26)18-11-12-18)13-24-27(22)20-6-4-3-5-16(20)2/h3-10,13,18H,11-12,14H2,1-2H3. The van der Waals surface area contributed by atoms with Crippen molar-refractivity contribution in [3.05, 3.63) is 87.5 Å². The van der Waals surface area contributed by atoms with E-state index in [1.54, 1.807) is 15.6 Å². The van der Waals surface area contributed by atoms with Crippen LogP contribution in [0.5, 0.6) is 0 Å². The third-order valence-corrected chi connectivity index (χ3v) is 5.47. The molecule has 0 spiro atoms. The van der Waals surface area contributed by atoms with Crippen LogP contribution in [0.4, 0.5) is 0 Å². The van der Waals surface area contributed by atoms with Crippen LogP contribution in [0.1, 0.15) is 41.1 Å². The van der Waals surface area contributed by atoms with E-state index in [0.29, 0.717) is 18.0 Å². The summed E-state index contributed by atoms with van der Waals surface area (Å²) in [6.07, 6.45) is 4.06. The Kier molecular flexibility index (Phi) is 3.90. The number of fused-ring (bicyclic) bond motifs is 1. The van der Waals surface area contributed by atoms with E-state index in [1.165, 1.54) is 5.56 Å². The number of benzene rings is 2. The van der Waals surface area contributed by atoms with Crippen molar-refractivity contribution in [2.24, 2.45) is 0 Å². The van der Waals surface area contributed by atoms with Gasteiger partial charge in [-0.15, -0.1) is 0 Å². The van der Waals surface area contributed by atoms with Gasteiger partial charge >= 0.3 is 0 Å². The van der Waals surface area contributed by atoms with E-state index >= 15 is 0 Å². The number of nitrogens with zero attached hydrogens (tertiary/aromatic N) is 4. The maximum Gasteiger partial charge on any atom is 0.293 e. The molecule has 0 aliphatic heterocycles. The quantitative estimate of drug-likeness (QED) is 0.543. The third-order valence-electron chi connectivity index (χ3n) is 5.47. The summed E-state index contributed by atoms with van der Waals surface area (Å²) in [4.78, 5) is 13.4. The largest absolute Gasteiger partial charge is 0.293 e. The number of aryl methyl sites for hydroxylation is 2. The minimum Gasteiger partial charge on any atom is -0.265 e. The van der Waals surface area contributed by atoms with Gasteiger partial charge in [-0.1, -0.05) is 48.0 Å². The predicted molar refractivity (Wildman–Crippen MR) is 110 cm³/mol. The fourth-order valence-corrected chi connectivity index (χ4v) is 3.71. The number of hydrogen-bond donors (Lipinski definition) is 0. The van der Waals surface area contributed by atoms with Crippen LogP contribution in [0.25, 0.3) is 16.6 Å². The Morgan fingerprint density at radius 3 is 2.50 bits per heavy atom. The van der Waals surface area contributed by atoms with Gasteiger partial charge in [0.05, 0.1) is 24.1 Å². The molecule has 0 unspecified atom stereocenters. The van der Waals surface area contributed by atoms with E-state index in [9.17, 15) is 4.79 Å². The van der Waals surface area contributed by atoms with Crippen molar-refractivity contribution in [1.29, 1.82) is 0 Å². The van der Waals surface area contributed by atoms with E-state index in [0.717, 1.165) is 40.7 Å². The zero-order valence-electron chi connectivity index (χ0n) is 16.1. The fourth-order valence-electron chi connectivity index (χ4n) is 3.71. The molecule has 28 heavy (non-hydrogen) atoms. The monoisotopic (exact) mass is 370 g/mol. The van der Waals surface area contributed by atoms with E-state index < -0.39 is 0 Å². The van der Waals surface area contributed by atoms with Gasteiger partial charge in [0.2, 0.25) is 0 Å². The summed E-state index contributed by atoms with van der Waals surface area (Å²) in [5.41, 5.74) is 5.82. The van der Waals surface area contributed by atoms with Gasteiger partial charge in [-0.25, -0.2) is 9.36 Å². The zero-order valence-corrected chi connectivity index (χ0v) is 16.1. The fraction of sp³-hybridized carbons (Fsp3) is 0.261. The van der Waals surface area contributed by atoms with E-state index in [1.807, 2.05) is 31.2 Å². The number of hydrogen-bond acceptors (Lipinski definition) is 3.